The van der Waals surface area contributed by atoms with Gasteiger partial charge in [-0.1, -0.05) is 23.9 Å². The van der Waals surface area contributed by atoms with Gasteiger partial charge in [0.25, 0.3) is 0 Å². The summed E-state index contributed by atoms with van der Waals surface area (Å²) in [5.74, 6) is 0. The smallest absolute Gasteiger partial charge is 0.168 e. The van der Waals surface area contributed by atoms with Crippen LogP contribution in [0.1, 0.15) is 29.5 Å². The number of hydrogen-bond acceptors (Lipinski definition) is 3. The first kappa shape index (κ1) is 13.3. The SMILES string of the molecule is Br.C1=C(c2ccc3c(c2)CCCC3)N2CCN=C2S1. The Balaban J connectivity index is 0.00000110. The van der Waals surface area contributed by atoms with Gasteiger partial charge in [-0.15, -0.1) is 17.0 Å². The molecule has 1 aromatic rings. The highest BCUT2D eigenvalue weighted by molar-refractivity contribution is 8.93. The van der Waals surface area contributed by atoms with E-state index in [4.69, 9.17) is 0 Å². The highest BCUT2D eigenvalue weighted by Gasteiger charge is 2.27. The minimum atomic E-state index is 0. The number of nitrogens with zero attached hydrogens (tertiary/aromatic N) is 2. The second kappa shape index (κ2) is 5.33. The van der Waals surface area contributed by atoms with Crippen molar-refractivity contribution in [1.29, 1.82) is 0 Å². The van der Waals surface area contributed by atoms with Crippen LogP contribution in [0, 0.1) is 0 Å². The van der Waals surface area contributed by atoms with E-state index in [0.717, 1.165) is 13.1 Å². The summed E-state index contributed by atoms with van der Waals surface area (Å²) in [4.78, 5) is 6.87. The monoisotopic (exact) mass is 336 g/mol. The lowest BCUT2D eigenvalue weighted by atomic mass is 9.90. The van der Waals surface area contributed by atoms with E-state index in [1.807, 2.05) is 0 Å². The molecule has 2 heterocycles. The molecule has 0 aromatic heterocycles. The average Bonchev–Trinajstić information content (AvgIpc) is 3.00. The lowest BCUT2D eigenvalue weighted by Gasteiger charge is -2.20. The second-order valence-electron chi connectivity index (χ2n) is 5.13. The normalized spacial score (nSPS) is 20.3. The molecule has 0 atom stereocenters. The Morgan fingerprint density at radius 3 is 2.84 bits per heavy atom. The van der Waals surface area contributed by atoms with E-state index in [1.165, 1.54) is 42.1 Å². The summed E-state index contributed by atoms with van der Waals surface area (Å²) in [6.45, 7) is 2.00. The molecule has 3 aliphatic rings. The summed E-state index contributed by atoms with van der Waals surface area (Å²) in [5, 5.41) is 3.44. The van der Waals surface area contributed by atoms with Crippen molar-refractivity contribution in [3.8, 4) is 0 Å². The van der Waals surface area contributed by atoms with Crippen molar-refractivity contribution in [2.24, 2.45) is 4.99 Å². The zero-order valence-electron chi connectivity index (χ0n) is 10.8. The Bertz CT molecular complexity index is 565. The summed E-state index contributed by atoms with van der Waals surface area (Å²) in [6, 6.07) is 7.03. The maximum Gasteiger partial charge on any atom is 0.168 e. The van der Waals surface area contributed by atoms with Crippen molar-refractivity contribution >= 4 is 39.6 Å². The Hall–Kier alpha value is -0.740. The molecule has 2 nitrogen and oxygen atoms in total. The van der Waals surface area contributed by atoms with E-state index >= 15 is 0 Å². The van der Waals surface area contributed by atoms with E-state index in [0.29, 0.717) is 0 Å². The molecular formula is C15H17BrN2S. The highest BCUT2D eigenvalue weighted by Crippen LogP contribution is 2.36. The van der Waals surface area contributed by atoms with Crippen LogP contribution in [-0.4, -0.2) is 23.2 Å². The van der Waals surface area contributed by atoms with Crippen LogP contribution >= 0.6 is 28.7 Å². The van der Waals surface area contributed by atoms with E-state index in [-0.39, 0.29) is 17.0 Å². The molecule has 0 saturated heterocycles. The maximum absolute atomic E-state index is 4.51. The quantitative estimate of drug-likeness (QED) is 0.773. The molecule has 4 rings (SSSR count). The number of aryl methyl sites for hydroxylation is 2. The van der Waals surface area contributed by atoms with Crippen LogP contribution < -0.4 is 0 Å². The van der Waals surface area contributed by atoms with Crippen molar-refractivity contribution in [1.82, 2.24) is 4.90 Å². The third kappa shape index (κ3) is 2.25. The van der Waals surface area contributed by atoms with Gasteiger partial charge < -0.3 is 4.90 Å². The molecule has 0 N–H and O–H groups in total. The minimum absolute atomic E-state index is 0. The molecule has 0 fully saturated rings. The first-order valence-corrected chi connectivity index (χ1v) is 7.61. The van der Waals surface area contributed by atoms with Crippen LogP contribution in [0.4, 0.5) is 0 Å². The Morgan fingerprint density at radius 2 is 1.95 bits per heavy atom. The number of aliphatic imine (C=N–C) groups is 1. The van der Waals surface area contributed by atoms with Gasteiger partial charge in [-0.2, -0.15) is 0 Å². The molecule has 4 heteroatoms. The van der Waals surface area contributed by atoms with Gasteiger partial charge in [0.2, 0.25) is 0 Å². The summed E-state index contributed by atoms with van der Waals surface area (Å²) in [7, 11) is 0. The molecule has 100 valence electrons. The number of fused-ring (bicyclic) bond motifs is 2. The minimum Gasteiger partial charge on any atom is -0.318 e. The second-order valence-corrected chi connectivity index (χ2v) is 5.96. The summed E-state index contributed by atoms with van der Waals surface area (Å²) >= 11 is 1.77. The molecule has 0 spiro atoms. The topological polar surface area (TPSA) is 15.6 Å². The molecule has 0 bridgehead atoms. The van der Waals surface area contributed by atoms with Crippen molar-refractivity contribution in [3.63, 3.8) is 0 Å². The number of amidine groups is 1. The predicted octanol–water partition coefficient (Wildman–Crippen LogP) is 3.86. The molecule has 19 heavy (non-hydrogen) atoms. The van der Waals surface area contributed by atoms with Gasteiger partial charge in [0.1, 0.15) is 0 Å². The standard InChI is InChI=1S/C15H16N2S.BrH/c1-2-4-12-9-13(6-5-11(12)3-1)14-10-18-15-16-7-8-17(14)15;/h5-6,9-10H,1-4,7-8H2;1H. The predicted molar refractivity (Wildman–Crippen MR) is 88.0 cm³/mol. The third-order valence-electron chi connectivity index (χ3n) is 4.01. The van der Waals surface area contributed by atoms with Crippen LogP contribution in [0.2, 0.25) is 0 Å². The van der Waals surface area contributed by atoms with E-state index in [9.17, 15) is 0 Å². The lowest BCUT2D eigenvalue weighted by molar-refractivity contribution is 0.648. The van der Waals surface area contributed by atoms with Crippen LogP contribution in [0.25, 0.3) is 5.70 Å². The Kier molecular flexibility index (Phi) is 3.72. The fourth-order valence-electron chi connectivity index (χ4n) is 3.04. The molecule has 2 aliphatic heterocycles. The van der Waals surface area contributed by atoms with Crippen molar-refractivity contribution in [2.45, 2.75) is 25.7 Å². The van der Waals surface area contributed by atoms with Crippen molar-refractivity contribution < 1.29 is 0 Å². The third-order valence-corrected chi connectivity index (χ3v) is 4.91. The highest BCUT2D eigenvalue weighted by atomic mass is 79.9. The number of benzene rings is 1. The largest absolute Gasteiger partial charge is 0.318 e. The lowest BCUT2D eigenvalue weighted by Crippen LogP contribution is -2.20. The number of thioether (sulfide) groups is 1. The first-order chi connectivity index (χ1) is 8.92. The number of hydrogen-bond donors (Lipinski definition) is 0. The molecule has 0 unspecified atom stereocenters. The maximum atomic E-state index is 4.51. The van der Waals surface area contributed by atoms with Gasteiger partial charge in [-0.3, -0.25) is 4.99 Å². The number of halogens is 1. The van der Waals surface area contributed by atoms with Crippen LogP contribution in [0.15, 0.2) is 28.6 Å². The molecule has 0 radical (unpaired) electrons. The fourth-order valence-corrected chi connectivity index (χ4v) is 4.00. The van der Waals surface area contributed by atoms with Crippen molar-refractivity contribution in [2.75, 3.05) is 13.1 Å². The zero-order valence-corrected chi connectivity index (χ0v) is 13.3. The van der Waals surface area contributed by atoms with Crippen molar-refractivity contribution in [3.05, 3.63) is 40.3 Å². The molecule has 1 aromatic carbocycles. The van der Waals surface area contributed by atoms with Gasteiger partial charge in [0.05, 0.1) is 12.2 Å². The summed E-state index contributed by atoms with van der Waals surface area (Å²) in [6.07, 6.45) is 5.22. The van der Waals surface area contributed by atoms with Gasteiger partial charge in [0, 0.05) is 12.0 Å². The van der Waals surface area contributed by atoms with Gasteiger partial charge in [0.15, 0.2) is 5.17 Å². The van der Waals surface area contributed by atoms with Crippen LogP contribution in [0.3, 0.4) is 0 Å². The summed E-state index contributed by atoms with van der Waals surface area (Å²) in [5.41, 5.74) is 5.85. The Morgan fingerprint density at radius 1 is 1.11 bits per heavy atom. The molecule has 0 saturated carbocycles. The van der Waals surface area contributed by atoms with Gasteiger partial charge in [-0.05, 0) is 48.4 Å². The van der Waals surface area contributed by atoms with Crippen LogP contribution in [0.5, 0.6) is 0 Å². The zero-order chi connectivity index (χ0) is 11.9. The van der Waals surface area contributed by atoms with Gasteiger partial charge >= 0.3 is 0 Å². The number of rotatable bonds is 1. The Labute approximate surface area is 128 Å². The van der Waals surface area contributed by atoms with Gasteiger partial charge in [-0.25, -0.2) is 0 Å². The molecule has 0 amide bonds. The molecule has 1 aliphatic carbocycles. The average molecular weight is 337 g/mol. The first-order valence-electron chi connectivity index (χ1n) is 6.73. The summed E-state index contributed by atoms with van der Waals surface area (Å²) < 4.78 is 0. The fraction of sp³-hybridized carbons (Fsp3) is 0.400. The molecular weight excluding hydrogens is 320 g/mol. The van der Waals surface area contributed by atoms with E-state index < -0.39 is 0 Å². The van der Waals surface area contributed by atoms with Crippen LogP contribution in [-0.2, 0) is 12.8 Å². The van der Waals surface area contributed by atoms with E-state index in [1.54, 1.807) is 22.9 Å². The van der Waals surface area contributed by atoms with E-state index in [2.05, 4.69) is 33.5 Å².